The second-order valence-corrected chi connectivity index (χ2v) is 2.78. The molecule has 0 aliphatic heterocycles. The van der Waals surface area contributed by atoms with E-state index >= 15 is 0 Å². The minimum absolute atomic E-state index is 0.769. The predicted octanol–water partition coefficient (Wildman–Crippen LogP) is 2.14. The third-order valence-electron chi connectivity index (χ3n) is 0.447. The lowest BCUT2D eigenvalue weighted by Gasteiger charge is -2.00. The quantitative estimate of drug-likeness (QED) is 0.308. The fourth-order valence-electron chi connectivity index (χ4n) is 0.115. The molecule has 5 nitrogen and oxygen atoms in total. The maximum Gasteiger partial charge on any atom is 0.551 e. The zero-order valence-corrected chi connectivity index (χ0v) is 6.81. The fourth-order valence-corrected chi connectivity index (χ4v) is 0.317. The van der Waals surface area contributed by atoms with Crippen LogP contribution in [0.15, 0.2) is 5.16 Å². The van der Waals surface area contributed by atoms with Crippen LogP contribution in [0.5, 0.6) is 0 Å². The lowest BCUT2D eigenvalue weighted by molar-refractivity contribution is -0.220. The van der Waals surface area contributed by atoms with Gasteiger partial charge in [-0.1, -0.05) is 0 Å². The topological polar surface area (TPSA) is 57.1 Å². The third-order valence-corrected chi connectivity index (χ3v) is 1.20. The van der Waals surface area contributed by atoms with Crippen molar-refractivity contribution in [3.8, 4) is 0 Å². The summed E-state index contributed by atoms with van der Waals surface area (Å²) in [5, 5.41) is 2.26. The summed E-state index contributed by atoms with van der Waals surface area (Å²) < 4.78 is 40.5. The molecule has 0 N–H and O–H groups in total. The molecule has 0 saturated carbocycles. The van der Waals surface area contributed by atoms with Crippen molar-refractivity contribution in [1.29, 1.82) is 0 Å². The number of nitrogens with zero attached hydrogens (tertiary/aromatic N) is 1. The Bertz CT molecular complexity index is 195. The van der Waals surface area contributed by atoms with E-state index in [4.69, 9.17) is 0 Å². The van der Waals surface area contributed by atoms with Crippen LogP contribution in [0.1, 0.15) is 0 Å². The standard InChI is InChI=1S/C2H3ClF2NO4P/c1-8-11(5,7)10-9-6-2(3)4/h1H3/b6-2-/t11-/m1/s1. The Hall–Kier alpha value is -0.230. The highest BCUT2D eigenvalue weighted by Crippen LogP contribution is 2.49. The van der Waals surface area contributed by atoms with E-state index in [2.05, 4.69) is 30.9 Å². The molecule has 66 valence electrons. The molecule has 0 spiro atoms. The molecule has 0 bridgehead atoms. The fraction of sp³-hybridized carbons (Fsp3) is 0.500. The number of hydrogen-bond donors (Lipinski definition) is 0. The summed E-state index contributed by atoms with van der Waals surface area (Å²) in [5.74, 6) is 0. The van der Waals surface area contributed by atoms with Gasteiger partial charge in [0.15, 0.2) is 0 Å². The van der Waals surface area contributed by atoms with E-state index in [1.807, 2.05) is 0 Å². The molecule has 0 unspecified atom stereocenters. The molecule has 0 rings (SSSR count). The molecular weight excluding hydrogens is 206 g/mol. The van der Waals surface area contributed by atoms with E-state index < -0.39 is 13.3 Å². The Kier molecular flexibility index (Phi) is 4.51. The molecule has 0 aliphatic rings. The van der Waals surface area contributed by atoms with Crippen molar-refractivity contribution in [3.05, 3.63) is 0 Å². The second kappa shape index (κ2) is 4.61. The van der Waals surface area contributed by atoms with Gasteiger partial charge in [0.25, 0.3) is 0 Å². The van der Waals surface area contributed by atoms with Crippen LogP contribution >= 0.6 is 19.5 Å². The summed E-state index contributed by atoms with van der Waals surface area (Å²) in [6.07, 6.45) is 0. The van der Waals surface area contributed by atoms with E-state index in [1.54, 1.807) is 0 Å². The molecular formula is C2H3ClF2NO4P. The van der Waals surface area contributed by atoms with E-state index in [-0.39, 0.29) is 0 Å². The molecule has 9 heteroatoms. The second-order valence-electron chi connectivity index (χ2n) is 1.09. The number of rotatable bonds is 4. The summed E-state index contributed by atoms with van der Waals surface area (Å²) in [7, 11) is -4.02. The number of oxime groups is 1. The zero-order valence-electron chi connectivity index (χ0n) is 5.16. The summed E-state index contributed by atoms with van der Waals surface area (Å²) in [6.45, 7) is 0. The first-order valence-electron chi connectivity index (χ1n) is 2.08. The smallest absolute Gasteiger partial charge is 0.285 e. The number of halogens is 3. The molecule has 0 aromatic rings. The van der Waals surface area contributed by atoms with Crippen molar-refractivity contribution >= 4 is 24.9 Å². The molecule has 0 radical (unpaired) electrons. The maximum absolute atomic E-state index is 12.0. The van der Waals surface area contributed by atoms with Crippen LogP contribution in [0.25, 0.3) is 0 Å². The van der Waals surface area contributed by atoms with Crippen LogP contribution in [-0.4, -0.2) is 12.5 Å². The number of hydrogen-bond acceptors (Lipinski definition) is 5. The van der Waals surface area contributed by atoms with Crippen LogP contribution in [0.3, 0.4) is 0 Å². The minimum atomic E-state index is -4.78. The Morgan fingerprint density at radius 3 is 2.64 bits per heavy atom. The zero-order chi connectivity index (χ0) is 8.91. The van der Waals surface area contributed by atoms with Gasteiger partial charge >= 0.3 is 13.3 Å². The first-order chi connectivity index (χ1) is 4.98. The van der Waals surface area contributed by atoms with Gasteiger partial charge in [0.1, 0.15) is 0 Å². The van der Waals surface area contributed by atoms with Crippen molar-refractivity contribution in [2.75, 3.05) is 7.11 Å². The highest BCUT2D eigenvalue weighted by atomic mass is 35.5. The highest BCUT2D eigenvalue weighted by Gasteiger charge is 2.24. The molecule has 0 amide bonds. The molecule has 11 heavy (non-hydrogen) atoms. The Balaban J connectivity index is 3.72. The van der Waals surface area contributed by atoms with Crippen molar-refractivity contribution in [1.82, 2.24) is 0 Å². The van der Waals surface area contributed by atoms with Crippen LogP contribution < -0.4 is 0 Å². The van der Waals surface area contributed by atoms with E-state index in [0.717, 1.165) is 7.11 Å². The first kappa shape index (κ1) is 10.8. The van der Waals surface area contributed by atoms with E-state index in [1.165, 1.54) is 0 Å². The summed E-state index contributed by atoms with van der Waals surface area (Å²) in [6, 6.07) is 0. The van der Waals surface area contributed by atoms with Crippen molar-refractivity contribution in [2.45, 2.75) is 0 Å². The van der Waals surface area contributed by atoms with Crippen molar-refractivity contribution < 1.29 is 27.3 Å². The average Bonchev–Trinajstić information content (AvgIpc) is 1.87. The Morgan fingerprint density at radius 2 is 2.27 bits per heavy atom. The van der Waals surface area contributed by atoms with Gasteiger partial charge in [-0.25, -0.2) is 9.55 Å². The lowest BCUT2D eigenvalue weighted by atomic mass is 11.6. The first-order valence-corrected chi connectivity index (χ1v) is 3.89. The SMILES string of the molecule is CO[P@](=O)(F)OO/N=C(\F)Cl. The van der Waals surface area contributed by atoms with Crippen LogP contribution in [-0.2, 0) is 18.8 Å². The van der Waals surface area contributed by atoms with Crippen LogP contribution in [0.2, 0.25) is 0 Å². The van der Waals surface area contributed by atoms with Gasteiger partial charge in [-0.15, -0.1) is 4.20 Å². The molecule has 0 aromatic carbocycles. The lowest BCUT2D eigenvalue weighted by Crippen LogP contribution is -1.86. The van der Waals surface area contributed by atoms with Crippen LogP contribution in [0, 0.1) is 0 Å². The molecule has 0 fully saturated rings. The minimum Gasteiger partial charge on any atom is -0.285 e. The van der Waals surface area contributed by atoms with Crippen molar-refractivity contribution in [2.24, 2.45) is 5.16 Å². The third kappa shape index (κ3) is 6.18. The summed E-state index contributed by atoms with van der Waals surface area (Å²) in [4.78, 5) is 3.37. The Labute approximate surface area is 65.4 Å². The monoisotopic (exact) mass is 209 g/mol. The van der Waals surface area contributed by atoms with Gasteiger partial charge in [-0.3, -0.25) is 4.52 Å². The van der Waals surface area contributed by atoms with E-state index in [9.17, 15) is 13.2 Å². The van der Waals surface area contributed by atoms with Crippen molar-refractivity contribution in [3.63, 3.8) is 0 Å². The van der Waals surface area contributed by atoms with Crippen LogP contribution in [0.4, 0.5) is 8.59 Å². The molecule has 0 saturated heterocycles. The van der Waals surface area contributed by atoms with E-state index in [0.29, 0.717) is 0 Å². The molecule has 0 aromatic heterocycles. The van der Waals surface area contributed by atoms with Gasteiger partial charge in [0.05, 0.1) is 0 Å². The molecule has 0 aliphatic carbocycles. The maximum atomic E-state index is 12.0. The van der Waals surface area contributed by atoms with Gasteiger partial charge in [-0.2, -0.15) is 4.39 Å². The summed E-state index contributed by atoms with van der Waals surface area (Å²) >= 11 is 4.48. The highest BCUT2D eigenvalue weighted by molar-refractivity contribution is 7.47. The van der Waals surface area contributed by atoms with Gasteiger partial charge in [-0.05, 0) is 16.3 Å². The molecule has 0 heterocycles. The normalized spacial score (nSPS) is 17.6. The average molecular weight is 209 g/mol. The van der Waals surface area contributed by atoms with Gasteiger partial charge < -0.3 is 0 Å². The Morgan fingerprint density at radius 1 is 1.73 bits per heavy atom. The van der Waals surface area contributed by atoms with Gasteiger partial charge in [0, 0.05) is 12.3 Å². The predicted molar refractivity (Wildman–Crippen MR) is 32.3 cm³/mol. The van der Waals surface area contributed by atoms with Gasteiger partial charge in [0.2, 0.25) is 0 Å². The largest absolute Gasteiger partial charge is 0.551 e. The molecule has 1 atom stereocenters. The summed E-state index contributed by atoms with van der Waals surface area (Å²) in [5.41, 5.74) is -1.53.